The van der Waals surface area contributed by atoms with Gasteiger partial charge >= 0.3 is 0 Å². The molecule has 0 aliphatic heterocycles. The molecule has 2 aromatic rings. The number of rotatable bonds is 4. The predicted molar refractivity (Wildman–Crippen MR) is 65.8 cm³/mol. The molecule has 0 fully saturated rings. The Morgan fingerprint density at radius 3 is 2.88 bits per heavy atom. The topological polar surface area (TPSA) is 43.8 Å². The lowest BCUT2D eigenvalue weighted by Crippen LogP contribution is -2.02. The van der Waals surface area contributed by atoms with E-state index >= 15 is 0 Å². The summed E-state index contributed by atoms with van der Waals surface area (Å²) in [6.07, 6.45) is 4.56. The lowest BCUT2D eigenvalue weighted by Gasteiger charge is -2.08. The highest BCUT2D eigenvalue weighted by Crippen LogP contribution is 2.22. The van der Waals surface area contributed by atoms with E-state index in [4.69, 9.17) is 5.73 Å². The van der Waals surface area contributed by atoms with Gasteiger partial charge in [-0.05, 0) is 24.1 Å². The van der Waals surface area contributed by atoms with Crippen molar-refractivity contribution in [3.63, 3.8) is 0 Å². The molecular weight excluding hydrogens is 217 g/mol. The van der Waals surface area contributed by atoms with Gasteiger partial charge in [-0.25, -0.2) is 9.37 Å². The van der Waals surface area contributed by atoms with Crippen molar-refractivity contribution in [3.05, 3.63) is 42.0 Å². The molecule has 1 aromatic carbocycles. The number of hydrogen-bond acceptors (Lipinski definition) is 2. The van der Waals surface area contributed by atoms with Crippen LogP contribution in [-0.4, -0.2) is 9.55 Å². The maximum Gasteiger partial charge on any atom is 0.142 e. The molecule has 2 N–H and O–H groups in total. The first-order valence-corrected chi connectivity index (χ1v) is 5.76. The Morgan fingerprint density at radius 2 is 2.24 bits per heavy atom. The number of aryl methyl sites for hydroxylation is 1. The quantitative estimate of drug-likeness (QED) is 0.882. The van der Waals surface area contributed by atoms with Crippen molar-refractivity contribution in [1.29, 1.82) is 0 Å². The molecule has 0 bridgehead atoms. The van der Waals surface area contributed by atoms with Crippen LogP contribution < -0.4 is 5.73 Å². The predicted octanol–water partition coefficient (Wildman–Crippen LogP) is 2.56. The van der Waals surface area contributed by atoms with Gasteiger partial charge in [-0.2, -0.15) is 0 Å². The summed E-state index contributed by atoms with van der Waals surface area (Å²) in [5, 5.41) is 0. The summed E-state index contributed by atoms with van der Waals surface area (Å²) in [5.74, 6) is 0.407. The Kier molecular flexibility index (Phi) is 3.54. The first kappa shape index (κ1) is 11.8. The summed E-state index contributed by atoms with van der Waals surface area (Å²) in [7, 11) is 0. The summed E-state index contributed by atoms with van der Waals surface area (Å²) in [6.45, 7) is 3.27. The minimum Gasteiger partial charge on any atom is -0.331 e. The van der Waals surface area contributed by atoms with Crippen LogP contribution in [0.1, 0.15) is 18.9 Å². The third-order valence-corrected chi connectivity index (χ3v) is 2.69. The molecular formula is C13H16FN3. The van der Waals surface area contributed by atoms with Crippen molar-refractivity contribution < 1.29 is 4.39 Å². The normalized spacial score (nSPS) is 10.8. The number of aromatic nitrogens is 2. The Balaban J connectivity index is 2.42. The summed E-state index contributed by atoms with van der Waals surface area (Å²) in [5.41, 5.74) is 6.80. The van der Waals surface area contributed by atoms with Gasteiger partial charge in [-0.15, -0.1) is 0 Å². The fraction of sp³-hybridized carbons (Fsp3) is 0.308. The fourth-order valence-electron chi connectivity index (χ4n) is 1.84. The summed E-state index contributed by atoms with van der Waals surface area (Å²) < 4.78 is 15.9. The first-order chi connectivity index (χ1) is 8.26. The molecule has 4 heteroatoms. The van der Waals surface area contributed by atoms with Crippen molar-refractivity contribution in [2.45, 2.75) is 26.4 Å². The second-order valence-corrected chi connectivity index (χ2v) is 3.96. The highest BCUT2D eigenvalue weighted by atomic mass is 19.1. The van der Waals surface area contributed by atoms with Crippen LogP contribution in [0.2, 0.25) is 0 Å². The van der Waals surface area contributed by atoms with Gasteiger partial charge in [0.05, 0.1) is 5.56 Å². The van der Waals surface area contributed by atoms with Gasteiger partial charge in [0.2, 0.25) is 0 Å². The molecule has 0 atom stereocenters. The maximum atomic E-state index is 13.9. The molecule has 0 spiro atoms. The molecule has 3 nitrogen and oxygen atoms in total. The first-order valence-electron chi connectivity index (χ1n) is 5.76. The van der Waals surface area contributed by atoms with E-state index in [2.05, 4.69) is 11.9 Å². The average Bonchev–Trinajstić information content (AvgIpc) is 2.77. The Bertz CT molecular complexity index is 505. The minimum atomic E-state index is -0.267. The van der Waals surface area contributed by atoms with E-state index in [9.17, 15) is 4.39 Å². The zero-order chi connectivity index (χ0) is 12.3. The lowest BCUT2D eigenvalue weighted by atomic mass is 10.1. The van der Waals surface area contributed by atoms with Crippen molar-refractivity contribution in [2.24, 2.45) is 5.73 Å². The molecule has 0 saturated carbocycles. The van der Waals surface area contributed by atoms with Gasteiger partial charge in [0.15, 0.2) is 0 Å². The molecule has 0 amide bonds. The van der Waals surface area contributed by atoms with E-state index in [0.29, 0.717) is 17.9 Å². The third-order valence-electron chi connectivity index (χ3n) is 2.69. The number of nitrogens with zero attached hydrogens (tertiary/aromatic N) is 2. The van der Waals surface area contributed by atoms with Crippen LogP contribution in [0.5, 0.6) is 0 Å². The van der Waals surface area contributed by atoms with Gasteiger partial charge in [0.1, 0.15) is 11.6 Å². The largest absolute Gasteiger partial charge is 0.331 e. The average molecular weight is 233 g/mol. The van der Waals surface area contributed by atoms with Gasteiger partial charge in [-0.3, -0.25) is 0 Å². The number of benzene rings is 1. The van der Waals surface area contributed by atoms with Crippen LogP contribution in [0.25, 0.3) is 11.4 Å². The molecule has 90 valence electrons. The highest BCUT2D eigenvalue weighted by Gasteiger charge is 2.10. The molecule has 1 aromatic heterocycles. The van der Waals surface area contributed by atoms with Crippen molar-refractivity contribution in [3.8, 4) is 11.4 Å². The van der Waals surface area contributed by atoms with E-state index in [1.807, 2.05) is 16.8 Å². The maximum absolute atomic E-state index is 13.9. The van der Waals surface area contributed by atoms with Crippen molar-refractivity contribution in [2.75, 3.05) is 0 Å². The molecule has 1 heterocycles. The Morgan fingerprint density at radius 1 is 1.41 bits per heavy atom. The summed E-state index contributed by atoms with van der Waals surface area (Å²) in [4.78, 5) is 4.21. The SMILES string of the molecule is CCCn1ccnc1-c1ccc(CN)cc1F. The van der Waals surface area contributed by atoms with E-state index in [1.54, 1.807) is 12.3 Å². The number of hydrogen-bond donors (Lipinski definition) is 1. The third kappa shape index (κ3) is 2.36. The van der Waals surface area contributed by atoms with Crippen LogP contribution >= 0.6 is 0 Å². The fourth-order valence-corrected chi connectivity index (χ4v) is 1.84. The van der Waals surface area contributed by atoms with E-state index in [-0.39, 0.29) is 5.82 Å². The van der Waals surface area contributed by atoms with Gasteiger partial charge in [0.25, 0.3) is 0 Å². The zero-order valence-electron chi connectivity index (χ0n) is 9.86. The molecule has 0 unspecified atom stereocenters. The van der Waals surface area contributed by atoms with Crippen LogP contribution in [0.4, 0.5) is 4.39 Å². The Hall–Kier alpha value is -1.68. The zero-order valence-corrected chi connectivity index (χ0v) is 9.86. The van der Waals surface area contributed by atoms with Crippen LogP contribution in [0, 0.1) is 5.82 Å². The molecule has 0 aliphatic rings. The van der Waals surface area contributed by atoms with Crippen LogP contribution in [0.3, 0.4) is 0 Å². The van der Waals surface area contributed by atoms with Crippen LogP contribution in [0.15, 0.2) is 30.6 Å². The van der Waals surface area contributed by atoms with Gasteiger partial charge < -0.3 is 10.3 Å². The van der Waals surface area contributed by atoms with Gasteiger partial charge in [-0.1, -0.05) is 13.0 Å². The van der Waals surface area contributed by atoms with Gasteiger partial charge in [0, 0.05) is 25.5 Å². The standard InChI is InChI=1S/C13H16FN3/c1-2-6-17-7-5-16-13(17)11-4-3-10(9-15)8-12(11)14/h3-5,7-8H,2,6,9,15H2,1H3. The number of halogens is 1. The molecule has 2 rings (SSSR count). The highest BCUT2D eigenvalue weighted by molar-refractivity contribution is 5.57. The number of nitrogens with two attached hydrogens (primary N) is 1. The summed E-state index contributed by atoms with van der Waals surface area (Å²) >= 11 is 0. The van der Waals surface area contributed by atoms with E-state index < -0.39 is 0 Å². The molecule has 0 aliphatic carbocycles. The molecule has 17 heavy (non-hydrogen) atoms. The second kappa shape index (κ2) is 5.10. The molecule has 0 radical (unpaired) electrons. The Labute approximate surface area is 100 Å². The monoisotopic (exact) mass is 233 g/mol. The number of imidazole rings is 1. The smallest absolute Gasteiger partial charge is 0.142 e. The van der Waals surface area contributed by atoms with Crippen molar-refractivity contribution in [1.82, 2.24) is 9.55 Å². The van der Waals surface area contributed by atoms with E-state index in [0.717, 1.165) is 18.5 Å². The van der Waals surface area contributed by atoms with Crippen molar-refractivity contribution >= 4 is 0 Å². The minimum absolute atomic E-state index is 0.267. The lowest BCUT2D eigenvalue weighted by molar-refractivity contribution is 0.622. The second-order valence-electron chi connectivity index (χ2n) is 3.96. The van der Waals surface area contributed by atoms with Crippen LogP contribution in [-0.2, 0) is 13.1 Å². The summed E-state index contributed by atoms with van der Waals surface area (Å²) in [6, 6.07) is 5.05. The molecule has 0 saturated heterocycles. The van der Waals surface area contributed by atoms with E-state index in [1.165, 1.54) is 6.07 Å².